The van der Waals surface area contributed by atoms with E-state index in [9.17, 15) is 10.1 Å². The van der Waals surface area contributed by atoms with Crippen LogP contribution in [0.2, 0.25) is 0 Å². The number of ether oxygens (including phenoxy) is 2. The fourth-order valence-electron chi connectivity index (χ4n) is 1.42. The van der Waals surface area contributed by atoms with Crippen molar-refractivity contribution in [3.63, 3.8) is 0 Å². The molecule has 0 aliphatic carbocycles. The van der Waals surface area contributed by atoms with Gasteiger partial charge in [-0.05, 0) is 25.5 Å². The first-order valence-electron chi connectivity index (χ1n) is 5.91. The molecule has 0 heterocycles. The van der Waals surface area contributed by atoms with E-state index in [0.717, 1.165) is 5.56 Å². The smallest absolute Gasteiger partial charge is 0.310 e. The van der Waals surface area contributed by atoms with Crippen LogP contribution >= 0.6 is 15.9 Å². The predicted molar refractivity (Wildman–Crippen MR) is 76.9 cm³/mol. The van der Waals surface area contributed by atoms with Gasteiger partial charge in [0.05, 0.1) is 17.1 Å². The van der Waals surface area contributed by atoms with E-state index in [1.165, 1.54) is 6.07 Å². The Kier molecular flexibility index (Phi) is 5.75. The lowest BCUT2D eigenvalue weighted by atomic mass is 10.1. The second kappa shape index (κ2) is 6.86. The zero-order chi connectivity index (χ0) is 14.5. The third-order valence-electron chi connectivity index (χ3n) is 2.89. The fourth-order valence-corrected chi connectivity index (χ4v) is 1.77. The Labute approximate surface area is 121 Å². The van der Waals surface area contributed by atoms with E-state index in [0.29, 0.717) is 24.1 Å². The summed E-state index contributed by atoms with van der Waals surface area (Å²) >= 11 is 3.32. The highest BCUT2D eigenvalue weighted by Crippen LogP contribution is 2.29. The molecule has 0 spiro atoms. The zero-order valence-corrected chi connectivity index (χ0v) is 12.9. The highest BCUT2D eigenvalue weighted by molar-refractivity contribution is 9.08. The van der Waals surface area contributed by atoms with Crippen LogP contribution < -0.4 is 4.74 Å². The normalized spacial score (nSPS) is 11.4. The summed E-state index contributed by atoms with van der Waals surface area (Å²) in [6.07, 6.45) is 0.652. The molecule has 5 nitrogen and oxygen atoms in total. The molecule has 0 aliphatic rings. The molecule has 6 heteroatoms. The molecule has 0 radical (unpaired) electrons. The summed E-state index contributed by atoms with van der Waals surface area (Å²) in [5, 5.41) is 11.6. The molecule has 19 heavy (non-hydrogen) atoms. The van der Waals surface area contributed by atoms with E-state index >= 15 is 0 Å². The molecule has 0 bridgehead atoms. The van der Waals surface area contributed by atoms with Gasteiger partial charge in [0, 0.05) is 24.9 Å². The number of benzene rings is 1. The average Bonchev–Trinajstić information content (AvgIpc) is 2.38. The van der Waals surface area contributed by atoms with Crippen LogP contribution in [0.4, 0.5) is 5.69 Å². The topological polar surface area (TPSA) is 61.6 Å². The van der Waals surface area contributed by atoms with E-state index < -0.39 is 4.92 Å². The third kappa shape index (κ3) is 4.80. The molecule has 0 unspecified atom stereocenters. The SMILES string of the molecule is COC(C)(C)CCOc1cc(CBr)ccc1[N+](=O)[O-]. The minimum absolute atomic E-state index is 0.0140. The molecule has 0 N–H and O–H groups in total. The maximum absolute atomic E-state index is 10.9. The van der Waals surface area contributed by atoms with Gasteiger partial charge in [-0.25, -0.2) is 0 Å². The lowest BCUT2D eigenvalue weighted by molar-refractivity contribution is -0.385. The summed E-state index contributed by atoms with van der Waals surface area (Å²) < 4.78 is 10.8. The number of nitro groups is 1. The van der Waals surface area contributed by atoms with Crippen LogP contribution in [0.5, 0.6) is 5.75 Å². The first-order chi connectivity index (χ1) is 8.89. The summed E-state index contributed by atoms with van der Waals surface area (Å²) in [5.74, 6) is 0.300. The molecule has 0 amide bonds. The van der Waals surface area contributed by atoms with Crippen molar-refractivity contribution in [3.05, 3.63) is 33.9 Å². The van der Waals surface area contributed by atoms with Crippen molar-refractivity contribution < 1.29 is 14.4 Å². The van der Waals surface area contributed by atoms with Crippen molar-refractivity contribution >= 4 is 21.6 Å². The highest BCUT2D eigenvalue weighted by Gasteiger charge is 2.19. The van der Waals surface area contributed by atoms with E-state index in [4.69, 9.17) is 9.47 Å². The fraction of sp³-hybridized carbons (Fsp3) is 0.538. The van der Waals surface area contributed by atoms with Crippen LogP contribution in [-0.4, -0.2) is 24.2 Å². The predicted octanol–water partition coefficient (Wildman–Crippen LogP) is 3.68. The molecular formula is C13H18BrNO4. The van der Waals surface area contributed by atoms with E-state index in [-0.39, 0.29) is 11.3 Å². The van der Waals surface area contributed by atoms with E-state index in [2.05, 4.69) is 15.9 Å². The molecule has 0 aromatic heterocycles. The molecule has 1 rings (SSSR count). The van der Waals surface area contributed by atoms with Crippen molar-refractivity contribution in [2.45, 2.75) is 31.2 Å². The van der Waals surface area contributed by atoms with Gasteiger partial charge in [0.1, 0.15) is 0 Å². The van der Waals surface area contributed by atoms with Gasteiger partial charge in [-0.3, -0.25) is 10.1 Å². The first-order valence-corrected chi connectivity index (χ1v) is 7.03. The standard InChI is InChI=1S/C13H18BrNO4/c1-13(2,18-3)6-7-19-12-8-10(9-14)4-5-11(12)15(16)17/h4-5,8H,6-7,9H2,1-3H3. The Balaban J connectivity index is 2.78. The van der Waals surface area contributed by atoms with E-state index in [1.54, 1.807) is 19.2 Å². The lowest BCUT2D eigenvalue weighted by Crippen LogP contribution is -2.25. The largest absolute Gasteiger partial charge is 0.487 e. The summed E-state index contributed by atoms with van der Waals surface area (Å²) in [4.78, 5) is 10.5. The van der Waals surface area contributed by atoms with Crippen molar-refractivity contribution in [2.24, 2.45) is 0 Å². The van der Waals surface area contributed by atoms with Crippen LogP contribution in [0.15, 0.2) is 18.2 Å². The number of hydrogen-bond donors (Lipinski definition) is 0. The van der Waals surface area contributed by atoms with Crippen molar-refractivity contribution in [1.82, 2.24) is 0 Å². The van der Waals surface area contributed by atoms with Gasteiger partial charge in [0.2, 0.25) is 0 Å². The third-order valence-corrected chi connectivity index (χ3v) is 3.54. The summed E-state index contributed by atoms with van der Waals surface area (Å²) in [6, 6.07) is 4.86. The van der Waals surface area contributed by atoms with Crippen molar-refractivity contribution in [2.75, 3.05) is 13.7 Å². The Morgan fingerprint density at radius 2 is 2.11 bits per heavy atom. The van der Waals surface area contributed by atoms with Crippen molar-refractivity contribution in [1.29, 1.82) is 0 Å². The van der Waals surface area contributed by atoms with Gasteiger partial charge < -0.3 is 9.47 Å². The maximum Gasteiger partial charge on any atom is 0.310 e. The van der Waals surface area contributed by atoms with E-state index in [1.807, 2.05) is 13.8 Å². The zero-order valence-electron chi connectivity index (χ0n) is 11.3. The van der Waals surface area contributed by atoms with Gasteiger partial charge in [-0.2, -0.15) is 0 Å². The van der Waals surface area contributed by atoms with Crippen LogP contribution in [0.1, 0.15) is 25.8 Å². The number of hydrogen-bond acceptors (Lipinski definition) is 4. The minimum atomic E-state index is -0.436. The Morgan fingerprint density at radius 1 is 1.42 bits per heavy atom. The molecule has 0 saturated heterocycles. The average molecular weight is 332 g/mol. The number of halogens is 1. The summed E-state index contributed by atoms with van der Waals surface area (Å²) in [5.41, 5.74) is 0.619. The highest BCUT2D eigenvalue weighted by atomic mass is 79.9. The Bertz CT molecular complexity index is 448. The summed E-state index contributed by atoms with van der Waals surface area (Å²) in [6.45, 7) is 4.26. The second-order valence-electron chi connectivity index (χ2n) is 4.76. The monoisotopic (exact) mass is 331 g/mol. The van der Waals surface area contributed by atoms with Crippen LogP contribution in [0.3, 0.4) is 0 Å². The number of nitro benzene ring substituents is 1. The molecule has 106 valence electrons. The van der Waals surface area contributed by atoms with Gasteiger partial charge in [-0.15, -0.1) is 0 Å². The molecule has 0 saturated carbocycles. The quantitative estimate of drug-likeness (QED) is 0.434. The van der Waals surface area contributed by atoms with Gasteiger partial charge in [-0.1, -0.05) is 22.0 Å². The Morgan fingerprint density at radius 3 is 2.63 bits per heavy atom. The van der Waals surface area contributed by atoms with Gasteiger partial charge in [0.25, 0.3) is 0 Å². The van der Waals surface area contributed by atoms with Crippen LogP contribution in [0.25, 0.3) is 0 Å². The number of nitrogens with zero attached hydrogens (tertiary/aromatic N) is 1. The molecule has 0 atom stereocenters. The maximum atomic E-state index is 10.9. The molecular weight excluding hydrogens is 314 g/mol. The Hall–Kier alpha value is -1.14. The number of rotatable bonds is 7. The molecule has 0 aliphatic heterocycles. The molecule has 1 aromatic carbocycles. The summed E-state index contributed by atoms with van der Waals surface area (Å²) in [7, 11) is 1.63. The van der Waals surface area contributed by atoms with Gasteiger partial charge >= 0.3 is 5.69 Å². The number of alkyl halides is 1. The first kappa shape index (κ1) is 15.9. The van der Waals surface area contributed by atoms with Crippen LogP contribution in [-0.2, 0) is 10.1 Å². The molecule has 1 aromatic rings. The molecule has 0 fully saturated rings. The second-order valence-corrected chi connectivity index (χ2v) is 5.32. The van der Waals surface area contributed by atoms with Crippen molar-refractivity contribution in [3.8, 4) is 5.75 Å². The lowest BCUT2D eigenvalue weighted by Gasteiger charge is -2.22. The number of methoxy groups -OCH3 is 1. The van der Waals surface area contributed by atoms with Crippen LogP contribution in [0, 0.1) is 10.1 Å². The minimum Gasteiger partial charge on any atom is -0.487 e. The van der Waals surface area contributed by atoms with Gasteiger partial charge in [0.15, 0.2) is 5.75 Å².